The fourth-order valence-corrected chi connectivity index (χ4v) is 0.437. The summed E-state index contributed by atoms with van der Waals surface area (Å²) in [6.45, 7) is -0.610. The minimum absolute atomic E-state index is 0.610. The normalized spacial score (nSPS) is 20.1. The molecular weight excluding hydrogens is 140 g/mol. The van der Waals surface area contributed by atoms with Crippen molar-refractivity contribution in [2.75, 3.05) is 13.7 Å². The van der Waals surface area contributed by atoms with Crippen LogP contribution in [0.1, 0.15) is 0 Å². The minimum Gasteiger partial charge on any atom is -0.394 e. The summed E-state index contributed by atoms with van der Waals surface area (Å²) < 4.78 is 4.27. The van der Waals surface area contributed by atoms with Crippen molar-refractivity contribution in [1.82, 2.24) is 0 Å². The maximum absolute atomic E-state index is 8.80. The van der Waals surface area contributed by atoms with Crippen LogP contribution in [0.3, 0.4) is 0 Å². The molecule has 3 unspecified atom stereocenters. The van der Waals surface area contributed by atoms with Gasteiger partial charge < -0.3 is 25.2 Å². The molecule has 0 aromatic heterocycles. The van der Waals surface area contributed by atoms with E-state index in [1.807, 2.05) is 0 Å². The highest BCUT2D eigenvalue weighted by molar-refractivity contribution is 4.67. The summed E-state index contributed by atoms with van der Waals surface area (Å²) in [6.07, 6.45) is -4.29. The van der Waals surface area contributed by atoms with Gasteiger partial charge in [-0.1, -0.05) is 0 Å². The Hall–Kier alpha value is -0.200. The molecule has 0 saturated carbocycles. The molecule has 10 heavy (non-hydrogen) atoms. The van der Waals surface area contributed by atoms with Crippen molar-refractivity contribution < 1.29 is 25.2 Å². The first-order valence-electron chi connectivity index (χ1n) is 2.81. The van der Waals surface area contributed by atoms with E-state index < -0.39 is 25.1 Å². The molecule has 0 heterocycles. The van der Waals surface area contributed by atoms with Crippen molar-refractivity contribution >= 4 is 0 Å². The Labute approximate surface area is 58.5 Å². The van der Waals surface area contributed by atoms with E-state index in [0.29, 0.717) is 0 Å². The van der Waals surface area contributed by atoms with Gasteiger partial charge in [0.05, 0.1) is 6.61 Å². The molecule has 0 aromatic carbocycles. The van der Waals surface area contributed by atoms with Crippen molar-refractivity contribution in [2.24, 2.45) is 0 Å². The molecular formula is C5H12O5. The average Bonchev–Trinajstić information content (AvgIpc) is 2.00. The Balaban J connectivity index is 3.69. The van der Waals surface area contributed by atoms with Gasteiger partial charge in [0.25, 0.3) is 0 Å². The minimum atomic E-state index is -1.46. The summed E-state index contributed by atoms with van der Waals surface area (Å²) in [7, 11) is 1.18. The number of rotatable bonds is 4. The fraction of sp³-hybridized carbons (Fsp3) is 1.00. The maximum Gasteiger partial charge on any atom is 0.183 e. The van der Waals surface area contributed by atoms with E-state index in [9.17, 15) is 0 Å². The van der Waals surface area contributed by atoms with E-state index in [1.54, 1.807) is 0 Å². The van der Waals surface area contributed by atoms with Gasteiger partial charge in [-0.25, -0.2) is 0 Å². The lowest BCUT2D eigenvalue weighted by Gasteiger charge is -2.19. The molecule has 0 saturated heterocycles. The Morgan fingerprint density at radius 3 is 2.10 bits per heavy atom. The van der Waals surface area contributed by atoms with Crippen LogP contribution in [-0.4, -0.2) is 52.6 Å². The van der Waals surface area contributed by atoms with Gasteiger partial charge in [-0.2, -0.15) is 0 Å². The van der Waals surface area contributed by atoms with Crippen molar-refractivity contribution in [3.05, 3.63) is 0 Å². The van der Waals surface area contributed by atoms with Crippen LogP contribution in [-0.2, 0) is 4.74 Å². The summed E-state index contributed by atoms with van der Waals surface area (Å²) in [5.41, 5.74) is 0. The third-order valence-corrected chi connectivity index (χ3v) is 1.11. The van der Waals surface area contributed by atoms with Gasteiger partial charge in [-0.05, 0) is 0 Å². The molecule has 0 aliphatic heterocycles. The predicted octanol–water partition coefficient (Wildman–Crippen LogP) is -2.33. The summed E-state index contributed by atoms with van der Waals surface area (Å²) in [4.78, 5) is 0. The van der Waals surface area contributed by atoms with Gasteiger partial charge in [-0.15, -0.1) is 0 Å². The largest absolute Gasteiger partial charge is 0.394 e. The van der Waals surface area contributed by atoms with E-state index in [1.165, 1.54) is 7.11 Å². The third kappa shape index (κ3) is 2.59. The Morgan fingerprint density at radius 1 is 1.30 bits per heavy atom. The van der Waals surface area contributed by atoms with Crippen LogP contribution in [0.4, 0.5) is 0 Å². The van der Waals surface area contributed by atoms with Crippen molar-refractivity contribution in [3.63, 3.8) is 0 Å². The predicted molar refractivity (Wildman–Crippen MR) is 32.1 cm³/mol. The van der Waals surface area contributed by atoms with Crippen LogP contribution < -0.4 is 0 Å². The van der Waals surface area contributed by atoms with E-state index in [0.717, 1.165) is 0 Å². The maximum atomic E-state index is 8.80. The number of hydrogen-bond donors (Lipinski definition) is 4. The van der Waals surface area contributed by atoms with Crippen LogP contribution in [0.5, 0.6) is 0 Å². The molecule has 4 N–H and O–H groups in total. The number of methoxy groups -OCH3 is 1. The number of aliphatic hydroxyl groups excluding tert-OH is 4. The first kappa shape index (κ1) is 9.80. The van der Waals surface area contributed by atoms with E-state index in [4.69, 9.17) is 20.4 Å². The molecule has 5 heteroatoms. The highest BCUT2D eigenvalue weighted by Crippen LogP contribution is 1.99. The smallest absolute Gasteiger partial charge is 0.183 e. The highest BCUT2D eigenvalue weighted by atomic mass is 16.6. The molecule has 0 fully saturated rings. The topological polar surface area (TPSA) is 90.2 Å². The molecule has 0 radical (unpaired) electrons. The first-order chi connectivity index (χ1) is 4.63. The number of ether oxygens (including phenoxy) is 1. The summed E-state index contributed by atoms with van der Waals surface area (Å²) in [5.74, 6) is 0. The van der Waals surface area contributed by atoms with Gasteiger partial charge in [0, 0.05) is 7.11 Å². The molecule has 0 bridgehead atoms. The molecule has 0 aliphatic rings. The second-order valence-corrected chi connectivity index (χ2v) is 1.87. The molecule has 5 nitrogen and oxygen atoms in total. The van der Waals surface area contributed by atoms with E-state index in [-0.39, 0.29) is 0 Å². The second kappa shape index (κ2) is 4.59. The zero-order chi connectivity index (χ0) is 8.15. The third-order valence-electron chi connectivity index (χ3n) is 1.11. The molecule has 0 rings (SSSR count). The van der Waals surface area contributed by atoms with E-state index >= 15 is 0 Å². The number of hydrogen-bond acceptors (Lipinski definition) is 5. The van der Waals surface area contributed by atoms with Gasteiger partial charge in [0.2, 0.25) is 0 Å². The molecule has 0 aliphatic carbocycles. The standard InChI is InChI=1S/C5H12O5/c1-10-5(9)4(8)3(7)2-6/h3-9H,2H2,1H3. The van der Waals surface area contributed by atoms with Crippen molar-refractivity contribution in [1.29, 1.82) is 0 Å². The molecule has 3 atom stereocenters. The molecule has 62 valence electrons. The van der Waals surface area contributed by atoms with Crippen LogP contribution >= 0.6 is 0 Å². The monoisotopic (exact) mass is 152 g/mol. The van der Waals surface area contributed by atoms with Crippen LogP contribution in [0.25, 0.3) is 0 Å². The lowest BCUT2D eigenvalue weighted by molar-refractivity contribution is -0.179. The van der Waals surface area contributed by atoms with Gasteiger partial charge in [-0.3, -0.25) is 0 Å². The Morgan fingerprint density at radius 2 is 1.80 bits per heavy atom. The molecule has 0 spiro atoms. The van der Waals surface area contributed by atoms with Gasteiger partial charge in [0.15, 0.2) is 6.29 Å². The summed E-state index contributed by atoms with van der Waals surface area (Å²) in [6, 6.07) is 0. The quantitative estimate of drug-likeness (QED) is 0.339. The average molecular weight is 152 g/mol. The van der Waals surface area contributed by atoms with E-state index in [2.05, 4.69) is 4.74 Å². The second-order valence-electron chi connectivity index (χ2n) is 1.87. The molecule has 0 amide bonds. The van der Waals surface area contributed by atoms with Gasteiger partial charge in [0.1, 0.15) is 12.2 Å². The zero-order valence-electron chi connectivity index (χ0n) is 5.64. The van der Waals surface area contributed by atoms with Crippen LogP contribution in [0.2, 0.25) is 0 Å². The van der Waals surface area contributed by atoms with Crippen molar-refractivity contribution in [3.8, 4) is 0 Å². The Bertz CT molecular complexity index is 76.1. The zero-order valence-corrected chi connectivity index (χ0v) is 5.64. The van der Waals surface area contributed by atoms with Crippen LogP contribution in [0.15, 0.2) is 0 Å². The summed E-state index contributed by atoms with van der Waals surface area (Å²) in [5, 5.41) is 34.4. The fourth-order valence-electron chi connectivity index (χ4n) is 0.437. The number of aliphatic hydroxyl groups is 4. The lowest BCUT2D eigenvalue weighted by atomic mass is 10.2. The lowest BCUT2D eigenvalue weighted by Crippen LogP contribution is -2.40. The Kier molecular flexibility index (Phi) is 4.50. The van der Waals surface area contributed by atoms with Crippen molar-refractivity contribution in [2.45, 2.75) is 18.5 Å². The molecule has 0 aromatic rings. The van der Waals surface area contributed by atoms with Crippen LogP contribution in [0, 0.1) is 0 Å². The van der Waals surface area contributed by atoms with Gasteiger partial charge >= 0.3 is 0 Å². The summed E-state index contributed by atoms with van der Waals surface area (Å²) >= 11 is 0. The first-order valence-corrected chi connectivity index (χ1v) is 2.81. The SMILES string of the molecule is COC(O)C(O)C(O)CO. The highest BCUT2D eigenvalue weighted by Gasteiger charge is 2.23.